The normalized spacial score (nSPS) is 22.3. The van der Waals surface area contributed by atoms with E-state index in [4.69, 9.17) is 39.5 Å². The van der Waals surface area contributed by atoms with E-state index in [1.807, 2.05) is 12.1 Å². The Morgan fingerprint density at radius 2 is 2.19 bits per heavy atom. The van der Waals surface area contributed by atoms with Crippen LogP contribution in [0.3, 0.4) is 0 Å². The zero-order valence-corrected chi connectivity index (χ0v) is 11.0. The number of alkyl halides is 1. The molecule has 0 saturated carbocycles. The molecule has 1 heterocycles. The van der Waals surface area contributed by atoms with Gasteiger partial charge in [-0.05, 0) is 37.0 Å². The van der Waals surface area contributed by atoms with Gasteiger partial charge in [-0.1, -0.05) is 29.3 Å². The molecule has 0 aliphatic carbocycles. The third-order valence-electron chi connectivity index (χ3n) is 2.79. The first-order chi connectivity index (χ1) is 7.66. The molecule has 88 valence electrons. The van der Waals surface area contributed by atoms with Gasteiger partial charge < -0.3 is 4.74 Å². The van der Waals surface area contributed by atoms with E-state index in [2.05, 4.69) is 0 Å². The molecular weight excluding hydrogens is 266 g/mol. The molecule has 0 amide bonds. The number of hydrogen-bond acceptors (Lipinski definition) is 1. The van der Waals surface area contributed by atoms with Crippen LogP contribution in [-0.2, 0) is 4.74 Å². The maximum Gasteiger partial charge on any atom is 0.0624 e. The van der Waals surface area contributed by atoms with Crippen LogP contribution in [-0.4, -0.2) is 12.7 Å². The summed E-state index contributed by atoms with van der Waals surface area (Å²) in [6.07, 6.45) is 3.30. The summed E-state index contributed by atoms with van der Waals surface area (Å²) < 4.78 is 5.56. The number of rotatable bonds is 3. The molecule has 4 heteroatoms. The van der Waals surface area contributed by atoms with Crippen LogP contribution in [0.5, 0.6) is 0 Å². The van der Waals surface area contributed by atoms with E-state index in [0.717, 1.165) is 31.4 Å². The lowest BCUT2D eigenvalue weighted by molar-refractivity contribution is 0.103. The highest BCUT2D eigenvalue weighted by molar-refractivity contribution is 6.35. The molecule has 1 aromatic rings. The van der Waals surface area contributed by atoms with Crippen LogP contribution in [0.2, 0.25) is 10.0 Å². The average molecular weight is 280 g/mol. The lowest BCUT2D eigenvalue weighted by Crippen LogP contribution is -2.08. The zero-order chi connectivity index (χ0) is 11.5. The Morgan fingerprint density at radius 1 is 1.38 bits per heavy atom. The molecule has 1 nitrogen and oxygen atoms in total. The summed E-state index contributed by atoms with van der Waals surface area (Å²) >= 11 is 18.3. The Bertz CT molecular complexity index is 361. The predicted octanol–water partition coefficient (Wildman–Crippen LogP) is 4.84. The van der Waals surface area contributed by atoms with Gasteiger partial charge in [0.1, 0.15) is 0 Å². The molecule has 2 unspecified atom stereocenters. The SMILES string of the molecule is Clc1ccc(C(Cl)CC2CCCO2)c(Cl)c1. The molecular formula is C12H13Cl3O. The Morgan fingerprint density at radius 3 is 2.81 bits per heavy atom. The highest BCUT2D eigenvalue weighted by Gasteiger charge is 2.21. The van der Waals surface area contributed by atoms with E-state index >= 15 is 0 Å². The monoisotopic (exact) mass is 278 g/mol. The van der Waals surface area contributed by atoms with Crippen LogP contribution in [0.4, 0.5) is 0 Å². The van der Waals surface area contributed by atoms with Gasteiger partial charge in [-0.3, -0.25) is 0 Å². The van der Waals surface area contributed by atoms with E-state index in [9.17, 15) is 0 Å². The van der Waals surface area contributed by atoms with Gasteiger partial charge in [0.05, 0.1) is 11.5 Å². The van der Waals surface area contributed by atoms with E-state index < -0.39 is 0 Å². The summed E-state index contributed by atoms with van der Waals surface area (Å²) in [5.74, 6) is 0. The smallest absolute Gasteiger partial charge is 0.0624 e. The fraction of sp³-hybridized carbons (Fsp3) is 0.500. The first kappa shape index (κ1) is 12.5. The van der Waals surface area contributed by atoms with Gasteiger partial charge in [0.25, 0.3) is 0 Å². The minimum Gasteiger partial charge on any atom is -0.378 e. The van der Waals surface area contributed by atoms with Crippen molar-refractivity contribution in [3.8, 4) is 0 Å². The van der Waals surface area contributed by atoms with Crippen LogP contribution in [0.25, 0.3) is 0 Å². The van der Waals surface area contributed by atoms with Gasteiger partial charge in [-0.25, -0.2) is 0 Å². The second kappa shape index (κ2) is 5.59. The Balaban J connectivity index is 2.04. The van der Waals surface area contributed by atoms with Crippen molar-refractivity contribution >= 4 is 34.8 Å². The van der Waals surface area contributed by atoms with Crippen molar-refractivity contribution < 1.29 is 4.74 Å². The summed E-state index contributed by atoms with van der Waals surface area (Å²) in [5.41, 5.74) is 0.934. The lowest BCUT2D eigenvalue weighted by Gasteiger charge is -2.16. The highest BCUT2D eigenvalue weighted by atomic mass is 35.5. The third kappa shape index (κ3) is 3.04. The maximum atomic E-state index is 6.34. The fourth-order valence-corrected chi connectivity index (χ4v) is 2.93. The molecule has 1 fully saturated rings. The average Bonchev–Trinajstić information content (AvgIpc) is 2.70. The zero-order valence-electron chi connectivity index (χ0n) is 8.76. The van der Waals surface area contributed by atoms with Crippen molar-refractivity contribution in [3.05, 3.63) is 33.8 Å². The topological polar surface area (TPSA) is 9.23 Å². The summed E-state index contributed by atoms with van der Waals surface area (Å²) in [5, 5.41) is 1.16. The van der Waals surface area contributed by atoms with Crippen LogP contribution in [0, 0.1) is 0 Å². The van der Waals surface area contributed by atoms with Crippen molar-refractivity contribution in [1.29, 1.82) is 0 Å². The Kier molecular flexibility index (Phi) is 4.37. The Labute approximate surface area is 111 Å². The molecule has 0 N–H and O–H groups in total. The van der Waals surface area contributed by atoms with E-state index in [1.54, 1.807) is 6.07 Å². The highest BCUT2D eigenvalue weighted by Crippen LogP contribution is 2.35. The number of benzene rings is 1. The second-order valence-corrected chi connectivity index (χ2v) is 5.37. The summed E-state index contributed by atoms with van der Waals surface area (Å²) in [7, 11) is 0. The minimum atomic E-state index is -0.104. The molecule has 0 spiro atoms. The quantitative estimate of drug-likeness (QED) is 0.719. The van der Waals surface area contributed by atoms with Crippen molar-refractivity contribution in [2.45, 2.75) is 30.7 Å². The van der Waals surface area contributed by atoms with E-state index in [1.165, 1.54) is 0 Å². The van der Waals surface area contributed by atoms with E-state index in [0.29, 0.717) is 10.0 Å². The first-order valence-corrected chi connectivity index (χ1v) is 6.56. The van der Waals surface area contributed by atoms with Crippen LogP contribution >= 0.6 is 34.8 Å². The summed E-state index contributed by atoms with van der Waals surface area (Å²) in [6, 6.07) is 5.42. The molecule has 1 aromatic carbocycles. The van der Waals surface area contributed by atoms with Gasteiger partial charge in [-0.15, -0.1) is 11.6 Å². The van der Waals surface area contributed by atoms with Gasteiger partial charge >= 0.3 is 0 Å². The largest absolute Gasteiger partial charge is 0.378 e. The van der Waals surface area contributed by atoms with Crippen LogP contribution in [0.15, 0.2) is 18.2 Å². The standard InChI is InChI=1S/C12H13Cl3O/c13-8-3-4-10(11(14)6-8)12(15)7-9-2-1-5-16-9/h3-4,6,9,12H,1-2,5,7H2. The van der Waals surface area contributed by atoms with Crippen LogP contribution in [0.1, 0.15) is 30.2 Å². The van der Waals surface area contributed by atoms with Gasteiger partial charge in [0.2, 0.25) is 0 Å². The number of ether oxygens (including phenoxy) is 1. The number of halogens is 3. The third-order valence-corrected chi connectivity index (χ3v) is 3.77. The van der Waals surface area contributed by atoms with Crippen molar-refractivity contribution in [3.63, 3.8) is 0 Å². The second-order valence-electron chi connectivity index (χ2n) is 4.00. The van der Waals surface area contributed by atoms with Gasteiger partial charge in [0.15, 0.2) is 0 Å². The molecule has 16 heavy (non-hydrogen) atoms. The predicted molar refractivity (Wildman–Crippen MR) is 68.6 cm³/mol. The lowest BCUT2D eigenvalue weighted by atomic mass is 10.0. The van der Waals surface area contributed by atoms with Gasteiger partial charge in [-0.2, -0.15) is 0 Å². The molecule has 1 saturated heterocycles. The molecule has 0 bridgehead atoms. The van der Waals surface area contributed by atoms with Crippen molar-refractivity contribution in [2.24, 2.45) is 0 Å². The summed E-state index contributed by atoms with van der Waals surface area (Å²) in [4.78, 5) is 0. The van der Waals surface area contributed by atoms with Gasteiger partial charge in [0, 0.05) is 16.7 Å². The molecule has 2 rings (SSSR count). The molecule has 1 aliphatic heterocycles. The fourth-order valence-electron chi connectivity index (χ4n) is 1.94. The first-order valence-electron chi connectivity index (χ1n) is 5.37. The molecule has 1 aliphatic rings. The molecule has 0 aromatic heterocycles. The Hall–Kier alpha value is 0.0500. The van der Waals surface area contributed by atoms with Crippen molar-refractivity contribution in [1.82, 2.24) is 0 Å². The number of hydrogen-bond donors (Lipinski definition) is 0. The van der Waals surface area contributed by atoms with E-state index in [-0.39, 0.29) is 11.5 Å². The minimum absolute atomic E-state index is 0.104. The summed E-state index contributed by atoms with van der Waals surface area (Å²) in [6.45, 7) is 0.850. The van der Waals surface area contributed by atoms with Crippen LogP contribution < -0.4 is 0 Å². The van der Waals surface area contributed by atoms with Crippen molar-refractivity contribution in [2.75, 3.05) is 6.61 Å². The molecule has 2 atom stereocenters. The molecule has 0 radical (unpaired) electrons. The maximum absolute atomic E-state index is 6.34.